The Balaban J connectivity index is 0.00000225. The van der Waals surface area contributed by atoms with Gasteiger partial charge in [0.1, 0.15) is 0 Å². The summed E-state index contributed by atoms with van der Waals surface area (Å²) in [6.45, 7) is 0. The summed E-state index contributed by atoms with van der Waals surface area (Å²) < 4.78 is 0. The summed E-state index contributed by atoms with van der Waals surface area (Å²) >= 11 is 0. The molecule has 1 aliphatic carbocycles. The molecule has 1 saturated carbocycles. The van der Waals surface area contributed by atoms with E-state index >= 15 is 0 Å². The fourth-order valence-electron chi connectivity index (χ4n) is 2.96. The van der Waals surface area contributed by atoms with Crippen molar-refractivity contribution in [1.82, 2.24) is 10.3 Å². The minimum Gasteiger partial charge on any atom is -0.481 e. The summed E-state index contributed by atoms with van der Waals surface area (Å²) in [5.74, 6) is -1.15. The molecule has 3 rings (SSSR count). The molecule has 0 radical (unpaired) electrons. The third-order valence-electron chi connectivity index (χ3n) is 4.20. The quantitative estimate of drug-likeness (QED) is 0.776. The van der Waals surface area contributed by atoms with Crippen molar-refractivity contribution in [3.05, 3.63) is 48.7 Å². The Kier molecular flexibility index (Phi) is 6.36. The largest absolute Gasteiger partial charge is 0.481 e. The van der Waals surface area contributed by atoms with E-state index in [2.05, 4.69) is 15.6 Å². The van der Waals surface area contributed by atoms with E-state index in [9.17, 15) is 9.59 Å². The number of carbonyl (C=O) groups is 2. The number of carboxylic acids is 1. The maximum absolute atomic E-state index is 12.1. The van der Waals surface area contributed by atoms with Crippen molar-refractivity contribution in [2.45, 2.75) is 25.3 Å². The highest BCUT2D eigenvalue weighted by Crippen LogP contribution is 2.26. The Labute approximate surface area is 152 Å². The molecule has 0 bridgehead atoms. The number of nitrogens with zero attached hydrogens (tertiary/aromatic N) is 1. The van der Waals surface area contributed by atoms with Gasteiger partial charge in [-0.1, -0.05) is 30.3 Å². The van der Waals surface area contributed by atoms with Crippen molar-refractivity contribution < 1.29 is 14.7 Å². The minimum absolute atomic E-state index is 0. The van der Waals surface area contributed by atoms with Gasteiger partial charge in [-0.15, -0.1) is 12.4 Å². The number of rotatable bonds is 4. The van der Waals surface area contributed by atoms with Crippen LogP contribution in [0, 0.1) is 5.92 Å². The van der Waals surface area contributed by atoms with Crippen LogP contribution in [0.15, 0.2) is 48.7 Å². The zero-order chi connectivity index (χ0) is 16.9. The van der Waals surface area contributed by atoms with Crippen LogP contribution < -0.4 is 10.6 Å². The van der Waals surface area contributed by atoms with Gasteiger partial charge in [-0.2, -0.15) is 0 Å². The monoisotopic (exact) mass is 361 g/mol. The Hall–Kier alpha value is -2.60. The normalized spacial score (nSPS) is 18.9. The molecular formula is C18H20ClN3O3. The molecule has 2 atom stereocenters. The third kappa shape index (κ3) is 4.93. The second-order valence-electron chi connectivity index (χ2n) is 5.94. The molecule has 132 valence electrons. The highest BCUT2D eigenvalue weighted by molar-refractivity contribution is 5.90. The van der Waals surface area contributed by atoms with Gasteiger partial charge in [0.2, 0.25) is 0 Å². The van der Waals surface area contributed by atoms with Gasteiger partial charge in [0.25, 0.3) is 0 Å². The highest BCUT2D eigenvalue weighted by atomic mass is 35.5. The van der Waals surface area contributed by atoms with Gasteiger partial charge in [0, 0.05) is 23.5 Å². The van der Waals surface area contributed by atoms with Crippen LogP contribution >= 0.6 is 12.4 Å². The van der Waals surface area contributed by atoms with Crippen molar-refractivity contribution >= 4 is 30.1 Å². The maximum atomic E-state index is 12.1. The van der Waals surface area contributed by atoms with Gasteiger partial charge < -0.3 is 15.7 Å². The molecule has 1 aliphatic rings. The number of halogens is 1. The topological polar surface area (TPSA) is 91.3 Å². The van der Waals surface area contributed by atoms with E-state index in [1.165, 1.54) is 0 Å². The summed E-state index contributed by atoms with van der Waals surface area (Å²) in [6, 6.07) is 12.8. The Morgan fingerprint density at radius 3 is 2.56 bits per heavy atom. The van der Waals surface area contributed by atoms with Crippen molar-refractivity contribution in [2.24, 2.45) is 5.92 Å². The van der Waals surface area contributed by atoms with Gasteiger partial charge >= 0.3 is 12.0 Å². The Morgan fingerprint density at radius 1 is 1.12 bits per heavy atom. The number of carboxylic acid groups (broad SMARTS) is 1. The number of hydrogen-bond donors (Lipinski definition) is 3. The summed E-state index contributed by atoms with van der Waals surface area (Å²) in [4.78, 5) is 27.4. The van der Waals surface area contributed by atoms with E-state index in [4.69, 9.17) is 5.11 Å². The highest BCUT2D eigenvalue weighted by Gasteiger charge is 2.30. The van der Waals surface area contributed by atoms with Crippen LogP contribution in [0.4, 0.5) is 10.5 Å². The number of anilines is 1. The third-order valence-corrected chi connectivity index (χ3v) is 4.20. The lowest BCUT2D eigenvalue weighted by molar-refractivity contribution is -0.141. The lowest BCUT2D eigenvalue weighted by atomic mass is 10.1. The first-order valence-electron chi connectivity index (χ1n) is 7.93. The molecule has 1 aromatic heterocycles. The van der Waals surface area contributed by atoms with Crippen molar-refractivity contribution in [3.8, 4) is 11.3 Å². The summed E-state index contributed by atoms with van der Waals surface area (Å²) in [5, 5.41) is 14.6. The lowest BCUT2D eigenvalue weighted by Gasteiger charge is -2.13. The van der Waals surface area contributed by atoms with Gasteiger partial charge in [-0.3, -0.25) is 9.78 Å². The van der Waals surface area contributed by atoms with Crippen LogP contribution in [0.1, 0.15) is 19.3 Å². The molecular weight excluding hydrogens is 342 g/mol. The first kappa shape index (κ1) is 18.7. The zero-order valence-electron chi connectivity index (χ0n) is 13.5. The molecule has 2 amide bonds. The zero-order valence-corrected chi connectivity index (χ0v) is 14.3. The van der Waals surface area contributed by atoms with E-state index in [1.54, 1.807) is 12.3 Å². The summed E-state index contributed by atoms with van der Waals surface area (Å²) in [6.07, 6.45) is 3.42. The molecule has 3 N–H and O–H groups in total. The van der Waals surface area contributed by atoms with Crippen LogP contribution in [-0.4, -0.2) is 28.1 Å². The second-order valence-corrected chi connectivity index (χ2v) is 5.94. The number of pyridine rings is 1. The molecule has 0 spiro atoms. The molecule has 1 heterocycles. The number of urea groups is 1. The van der Waals surface area contributed by atoms with Gasteiger partial charge in [0.05, 0.1) is 11.6 Å². The van der Waals surface area contributed by atoms with E-state index in [0.29, 0.717) is 24.9 Å². The molecule has 25 heavy (non-hydrogen) atoms. The number of hydrogen-bond acceptors (Lipinski definition) is 3. The molecule has 6 nitrogen and oxygen atoms in total. The van der Waals surface area contributed by atoms with Crippen LogP contribution in [0.3, 0.4) is 0 Å². The lowest BCUT2D eigenvalue weighted by Crippen LogP contribution is -2.36. The minimum atomic E-state index is -0.790. The summed E-state index contributed by atoms with van der Waals surface area (Å²) in [5.41, 5.74) is 2.40. The molecule has 0 aliphatic heterocycles. The number of amides is 2. The van der Waals surface area contributed by atoms with Crippen LogP contribution in [0.5, 0.6) is 0 Å². The Morgan fingerprint density at radius 2 is 1.88 bits per heavy atom. The maximum Gasteiger partial charge on any atom is 0.319 e. The smallest absolute Gasteiger partial charge is 0.319 e. The Bertz CT molecular complexity index is 739. The van der Waals surface area contributed by atoms with Gasteiger partial charge in [0.15, 0.2) is 0 Å². The van der Waals surface area contributed by atoms with Gasteiger partial charge in [-0.25, -0.2) is 4.79 Å². The second kappa shape index (κ2) is 8.48. The molecule has 1 aromatic carbocycles. The first-order valence-corrected chi connectivity index (χ1v) is 7.93. The van der Waals surface area contributed by atoms with Gasteiger partial charge in [-0.05, 0) is 31.4 Å². The number of nitrogens with one attached hydrogen (secondary N) is 2. The summed E-state index contributed by atoms with van der Waals surface area (Å²) in [7, 11) is 0. The number of benzene rings is 1. The predicted molar refractivity (Wildman–Crippen MR) is 97.8 cm³/mol. The van der Waals surface area contributed by atoms with Crippen LogP contribution in [0.2, 0.25) is 0 Å². The molecule has 1 fully saturated rings. The molecule has 2 aromatic rings. The van der Waals surface area contributed by atoms with Crippen LogP contribution in [-0.2, 0) is 4.79 Å². The van der Waals surface area contributed by atoms with Crippen molar-refractivity contribution in [2.75, 3.05) is 5.32 Å². The number of aliphatic carboxylic acids is 1. The average molecular weight is 362 g/mol. The van der Waals surface area contributed by atoms with Crippen molar-refractivity contribution in [3.63, 3.8) is 0 Å². The average Bonchev–Trinajstić information content (AvgIpc) is 3.04. The van der Waals surface area contributed by atoms with E-state index < -0.39 is 5.97 Å². The molecule has 7 heteroatoms. The number of aromatic nitrogens is 1. The SMILES string of the molecule is Cl.O=C(Nc1ccnc(-c2ccccc2)c1)N[C@H]1CC[C@@H](C(=O)O)C1. The standard InChI is InChI=1S/C18H19N3O3.ClH/c22-17(23)13-6-7-14(10-13)20-18(24)21-15-8-9-19-16(11-15)12-4-2-1-3-5-12;/h1-5,8-9,11,13-14H,6-7,10H2,(H,22,23)(H2,19,20,21,24);1H/t13-,14+;/m1./s1. The predicted octanol–water partition coefficient (Wildman–Crippen LogP) is 3.55. The van der Waals surface area contributed by atoms with E-state index in [0.717, 1.165) is 11.3 Å². The first-order chi connectivity index (χ1) is 11.6. The van der Waals surface area contributed by atoms with E-state index in [-0.39, 0.29) is 30.4 Å². The van der Waals surface area contributed by atoms with Crippen molar-refractivity contribution in [1.29, 1.82) is 0 Å². The fraction of sp³-hybridized carbons (Fsp3) is 0.278. The fourth-order valence-corrected chi connectivity index (χ4v) is 2.96. The number of carbonyl (C=O) groups excluding carboxylic acids is 1. The molecule has 0 unspecified atom stereocenters. The van der Waals surface area contributed by atoms with Crippen LogP contribution in [0.25, 0.3) is 11.3 Å². The van der Waals surface area contributed by atoms with E-state index in [1.807, 2.05) is 36.4 Å². The molecule has 0 saturated heterocycles.